The van der Waals surface area contributed by atoms with E-state index in [1.807, 2.05) is 6.92 Å². The van der Waals surface area contributed by atoms with Gasteiger partial charge in [0.15, 0.2) is 9.84 Å². The number of aromatic amines is 1. The number of aryl methyl sites for hydroxylation is 1. The van der Waals surface area contributed by atoms with Crippen molar-refractivity contribution in [3.63, 3.8) is 0 Å². The Morgan fingerprint density at radius 3 is 2.95 bits per heavy atom. The zero-order valence-corrected chi connectivity index (χ0v) is 13.6. The minimum Gasteiger partial charge on any atom is -0.332 e. The maximum atomic E-state index is 12.3. The van der Waals surface area contributed by atoms with Gasteiger partial charge in [0.1, 0.15) is 0 Å². The van der Waals surface area contributed by atoms with Crippen LogP contribution in [0.3, 0.4) is 0 Å². The predicted octanol–water partition coefficient (Wildman–Crippen LogP) is 0.617. The molecular formula is C14H22N4O3S. The Balaban J connectivity index is 1.60. The zero-order valence-electron chi connectivity index (χ0n) is 12.8. The van der Waals surface area contributed by atoms with Crippen LogP contribution in [-0.4, -0.2) is 53.6 Å². The largest absolute Gasteiger partial charge is 0.332 e. The normalized spacial score (nSPS) is 22.5. The van der Waals surface area contributed by atoms with E-state index >= 15 is 0 Å². The molecule has 2 heterocycles. The van der Waals surface area contributed by atoms with E-state index in [0.29, 0.717) is 19.5 Å². The third kappa shape index (κ3) is 2.97. The van der Waals surface area contributed by atoms with Crippen LogP contribution < -0.4 is 5.32 Å². The molecule has 1 saturated heterocycles. The number of aromatic nitrogens is 2. The summed E-state index contributed by atoms with van der Waals surface area (Å²) in [6.45, 7) is 2.77. The summed E-state index contributed by atoms with van der Waals surface area (Å²) >= 11 is 0. The summed E-state index contributed by atoms with van der Waals surface area (Å²) < 4.78 is 23.2. The van der Waals surface area contributed by atoms with E-state index in [2.05, 4.69) is 15.5 Å². The first-order chi connectivity index (χ1) is 10.5. The van der Waals surface area contributed by atoms with E-state index in [1.54, 1.807) is 4.90 Å². The van der Waals surface area contributed by atoms with E-state index in [-0.39, 0.29) is 23.6 Å². The third-order valence-electron chi connectivity index (χ3n) is 4.55. The molecule has 1 aromatic heterocycles. The minimum atomic E-state index is -2.99. The van der Waals surface area contributed by atoms with E-state index < -0.39 is 9.84 Å². The molecule has 122 valence electrons. The fraction of sp³-hybridized carbons (Fsp3) is 0.714. The molecule has 1 fully saturated rings. The number of carbonyl (C=O) groups excluding carboxylic acids is 1. The van der Waals surface area contributed by atoms with E-state index in [4.69, 9.17) is 0 Å². The van der Waals surface area contributed by atoms with Gasteiger partial charge in [-0.3, -0.25) is 5.10 Å². The number of rotatable bonds is 4. The monoisotopic (exact) mass is 326 g/mol. The average molecular weight is 326 g/mol. The van der Waals surface area contributed by atoms with Gasteiger partial charge >= 0.3 is 6.03 Å². The summed E-state index contributed by atoms with van der Waals surface area (Å²) in [5.74, 6) is 0.250. The van der Waals surface area contributed by atoms with Crippen LogP contribution in [0.1, 0.15) is 36.7 Å². The van der Waals surface area contributed by atoms with E-state index in [0.717, 1.165) is 25.0 Å². The summed E-state index contributed by atoms with van der Waals surface area (Å²) in [6, 6.07) is -0.417. The topological polar surface area (TPSA) is 95.2 Å². The van der Waals surface area contributed by atoms with Gasteiger partial charge in [0.05, 0.1) is 23.7 Å². The first-order valence-electron chi connectivity index (χ1n) is 7.80. The van der Waals surface area contributed by atoms with Crippen LogP contribution in [0.25, 0.3) is 0 Å². The van der Waals surface area contributed by atoms with Crippen molar-refractivity contribution in [2.24, 2.45) is 0 Å². The predicted molar refractivity (Wildman–Crippen MR) is 82.3 cm³/mol. The van der Waals surface area contributed by atoms with E-state index in [1.165, 1.54) is 11.3 Å². The molecule has 8 heteroatoms. The van der Waals surface area contributed by atoms with Crippen LogP contribution in [0, 0.1) is 0 Å². The Labute approximate surface area is 130 Å². The number of nitrogens with zero attached hydrogens (tertiary/aromatic N) is 2. The number of hydrogen-bond acceptors (Lipinski definition) is 4. The lowest BCUT2D eigenvalue weighted by molar-refractivity contribution is 0.183. The zero-order chi connectivity index (χ0) is 15.7. The quantitative estimate of drug-likeness (QED) is 0.848. The van der Waals surface area contributed by atoms with Crippen molar-refractivity contribution in [3.05, 3.63) is 17.0 Å². The fourth-order valence-electron chi connectivity index (χ4n) is 3.38. The summed E-state index contributed by atoms with van der Waals surface area (Å²) in [6.07, 6.45) is 3.69. The van der Waals surface area contributed by atoms with Crippen molar-refractivity contribution < 1.29 is 13.2 Å². The van der Waals surface area contributed by atoms with Crippen LogP contribution in [0.15, 0.2) is 0 Å². The van der Waals surface area contributed by atoms with Crippen molar-refractivity contribution in [3.8, 4) is 0 Å². The molecule has 0 unspecified atom stereocenters. The van der Waals surface area contributed by atoms with Crippen LogP contribution in [0.2, 0.25) is 0 Å². The number of urea groups is 1. The second kappa shape index (κ2) is 5.91. The van der Waals surface area contributed by atoms with E-state index in [9.17, 15) is 13.2 Å². The summed E-state index contributed by atoms with van der Waals surface area (Å²) in [5, 5.41) is 10.2. The Kier molecular flexibility index (Phi) is 4.12. The van der Waals surface area contributed by atoms with Crippen molar-refractivity contribution in [2.75, 3.05) is 18.1 Å². The van der Waals surface area contributed by atoms with Crippen molar-refractivity contribution in [2.45, 2.75) is 45.2 Å². The number of amides is 2. The van der Waals surface area contributed by atoms with Gasteiger partial charge in [-0.1, -0.05) is 0 Å². The number of sulfone groups is 1. The Morgan fingerprint density at radius 2 is 2.27 bits per heavy atom. The average Bonchev–Trinajstić information content (AvgIpc) is 3.13. The van der Waals surface area contributed by atoms with Gasteiger partial charge in [0.2, 0.25) is 0 Å². The SMILES string of the molecule is CCN(C(=O)NCc1n[nH]c2c1CCC2)[C@@H]1CCS(=O)(=O)C1. The molecule has 0 bridgehead atoms. The molecule has 2 aliphatic rings. The first-order valence-corrected chi connectivity index (χ1v) is 9.62. The molecule has 22 heavy (non-hydrogen) atoms. The fourth-order valence-corrected chi connectivity index (χ4v) is 5.11. The molecule has 2 N–H and O–H groups in total. The molecule has 0 saturated carbocycles. The number of nitrogens with one attached hydrogen (secondary N) is 2. The maximum Gasteiger partial charge on any atom is 0.317 e. The maximum absolute atomic E-state index is 12.3. The number of fused-ring (bicyclic) bond motifs is 1. The highest BCUT2D eigenvalue weighted by Gasteiger charge is 2.34. The Morgan fingerprint density at radius 1 is 1.45 bits per heavy atom. The Bertz CT molecular complexity index is 668. The van der Waals surface area contributed by atoms with Crippen LogP contribution >= 0.6 is 0 Å². The minimum absolute atomic E-state index is 0.0755. The highest BCUT2D eigenvalue weighted by atomic mass is 32.2. The van der Waals surface area contributed by atoms with Crippen molar-refractivity contribution in [1.29, 1.82) is 0 Å². The van der Waals surface area contributed by atoms with Gasteiger partial charge < -0.3 is 10.2 Å². The molecule has 1 aromatic rings. The van der Waals surface area contributed by atoms with Gasteiger partial charge in [-0.05, 0) is 38.2 Å². The molecule has 1 aliphatic heterocycles. The van der Waals surface area contributed by atoms with Crippen LogP contribution in [0.5, 0.6) is 0 Å². The molecule has 3 rings (SSSR count). The molecule has 2 amide bonds. The second-order valence-electron chi connectivity index (χ2n) is 5.98. The molecule has 1 atom stereocenters. The van der Waals surface area contributed by atoms with Gasteiger partial charge in [-0.2, -0.15) is 5.10 Å². The van der Waals surface area contributed by atoms with Gasteiger partial charge in [0, 0.05) is 18.3 Å². The molecule has 0 spiro atoms. The molecule has 0 radical (unpaired) electrons. The standard InChI is InChI=1S/C14H22N4O3S/c1-2-18(10-6-7-22(20,21)9-10)14(19)15-8-13-11-4-3-5-12(11)16-17-13/h10H,2-9H2,1H3,(H,15,19)(H,16,17)/t10-/m1/s1. The second-order valence-corrected chi connectivity index (χ2v) is 8.21. The Hall–Kier alpha value is -1.57. The van der Waals surface area contributed by atoms with Crippen LogP contribution in [-0.2, 0) is 29.2 Å². The number of hydrogen-bond donors (Lipinski definition) is 2. The summed E-state index contributed by atoms with van der Waals surface area (Å²) in [5.41, 5.74) is 3.31. The van der Waals surface area contributed by atoms with Crippen molar-refractivity contribution >= 4 is 15.9 Å². The smallest absolute Gasteiger partial charge is 0.317 e. The highest BCUT2D eigenvalue weighted by Crippen LogP contribution is 2.23. The van der Waals surface area contributed by atoms with Gasteiger partial charge in [-0.25, -0.2) is 13.2 Å². The molecular weight excluding hydrogens is 304 g/mol. The number of carbonyl (C=O) groups is 1. The lowest BCUT2D eigenvalue weighted by atomic mass is 10.2. The summed E-state index contributed by atoms with van der Waals surface area (Å²) in [7, 11) is -2.99. The van der Waals surface area contributed by atoms with Crippen LogP contribution in [0.4, 0.5) is 4.79 Å². The lowest BCUT2D eigenvalue weighted by Gasteiger charge is -2.26. The third-order valence-corrected chi connectivity index (χ3v) is 6.30. The molecule has 7 nitrogen and oxygen atoms in total. The highest BCUT2D eigenvalue weighted by molar-refractivity contribution is 7.91. The number of H-pyrrole nitrogens is 1. The van der Waals surface area contributed by atoms with Crippen molar-refractivity contribution in [1.82, 2.24) is 20.4 Å². The summed E-state index contributed by atoms with van der Waals surface area (Å²) in [4.78, 5) is 14.0. The molecule has 1 aliphatic carbocycles. The lowest BCUT2D eigenvalue weighted by Crippen LogP contribution is -2.46. The van der Waals surface area contributed by atoms with Gasteiger partial charge in [0.25, 0.3) is 0 Å². The molecule has 0 aromatic carbocycles. The van der Waals surface area contributed by atoms with Gasteiger partial charge in [-0.15, -0.1) is 0 Å². The first kappa shape index (κ1) is 15.3.